The number of fused-ring (bicyclic) bond motifs is 4. The van der Waals surface area contributed by atoms with Crippen molar-refractivity contribution in [1.82, 2.24) is 19.0 Å². The molecule has 0 N–H and O–H groups in total. The summed E-state index contributed by atoms with van der Waals surface area (Å²) in [5, 5.41) is 1.43. The highest BCUT2D eigenvalue weighted by Crippen LogP contribution is 2.30. The van der Waals surface area contributed by atoms with Crippen molar-refractivity contribution < 1.29 is 9.53 Å². The monoisotopic (exact) mass is 462 g/mol. The van der Waals surface area contributed by atoms with E-state index >= 15 is 0 Å². The van der Waals surface area contributed by atoms with Crippen LogP contribution in [0.25, 0.3) is 21.9 Å². The molecule has 0 saturated heterocycles. The van der Waals surface area contributed by atoms with Crippen molar-refractivity contribution in [3.63, 3.8) is 0 Å². The van der Waals surface area contributed by atoms with Crippen LogP contribution in [0.4, 0.5) is 0 Å². The number of ether oxygens (including phenoxy) is 1. The highest BCUT2D eigenvalue weighted by Gasteiger charge is 2.22. The van der Waals surface area contributed by atoms with E-state index in [0.29, 0.717) is 41.6 Å². The molecule has 1 aliphatic rings. The van der Waals surface area contributed by atoms with Crippen molar-refractivity contribution in [2.45, 2.75) is 31.6 Å². The van der Waals surface area contributed by atoms with Gasteiger partial charge in [0.25, 0.3) is 5.56 Å². The van der Waals surface area contributed by atoms with Crippen LogP contribution in [0.3, 0.4) is 0 Å². The first-order chi connectivity index (χ1) is 16.0. The number of benzene rings is 2. The van der Waals surface area contributed by atoms with Crippen LogP contribution < -0.4 is 10.3 Å². The Morgan fingerprint density at radius 2 is 1.97 bits per heavy atom. The summed E-state index contributed by atoms with van der Waals surface area (Å²) in [5.74, 6) is 1.02. The number of aromatic nitrogens is 3. The van der Waals surface area contributed by atoms with Gasteiger partial charge in [-0.3, -0.25) is 14.2 Å². The predicted octanol–water partition coefficient (Wildman–Crippen LogP) is 3.59. The third-order valence-corrected chi connectivity index (χ3v) is 7.35. The summed E-state index contributed by atoms with van der Waals surface area (Å²) in [5.41, 5.74) is 4.54. The van der Waals surface area contributed by atoms with Crippen molar-refractivity contribution in [3.05, 3.63) is 63.9 Å². The van der Waals surface area contributed by atoms with Gasteiger partial charge in [0, 0.05) is 32.1 Å². The second kappa shape index (κ2) is 8.59. The van der Waals surface area contributed by atoms with Crippen LogP contribution in [0.5, 0.6) is 5.75 Å². The molecule has 3 heterocycles. The van der Waals surface area contributed by atoms with Gasteiger partial charge in [0.2, 0.25) is 5.91 Å². The van der Waals surface area contributed by atoms with E-state index in [2.05, 4.69) is 12.1 Å². The van der Waals surface area contributed by atoms with Gasteiger partial charge in [-0.25, -0.2) is 4.98 Å². The Morgan fingerprint density at radius 3 is 2.73 bits per heavy atom. The normalized spacial score (nSPS) is 13.5. The van der Waals surface area contributed by atoms with E-state index in [0.717, 1.165) is 17.3 Å². The fourth-order valence-electron chi connectivity index (χ4n) is 4.58. The minimum absolute atomic E-state index is 0.0612. The van der Waals surface area contributed by atoms with E-state index in [9.17, 15) is 9.59 Å². The number of hydrogen-bond acceptors (Lipinski definition) is 5. The number of methoxy groups -OCH3 is 1. The summed E-state index contributed by atoms with van der Waals surface area (Å²) < 4.78 is 8.92. The zero-order chi connectivity index (χ0) is 23.1. The Labute approximate surface area is 196 Å². The molecular formula is C25H26N4O3S. The molecule has 0 saturated carbocycles. The van der Waals surface area contributed by atoms with Crippen molar-refractivity contribution >= 4 is 39.6 Å². The van der Waals surface area contributed by atoms with Crippen LogP contribution in [-0.2, 0) is 31.4 Å². The van der Waals surface area contributed by atoms with Crippen molar-refractivity contribution in [2.24, 2.45) is 7.05 Å². The molecule has 2 aromatic carbocycles. The maximum atomic E-state index is 13.4. The lowest BCUT2D eigenvalue weighted by atomic mass is 10.00. The molecule has 33 heavy (non-hydrogen) atoms. The van der Waals surface area contributed by atoms with E-state index in [4.69, 9.17) is 9.72 Å². The predicted molar refractivity (Wildman–Crippen MR) is 131 cm³/mol. The average molecular weight is 463 g/mol. The van der Waals surface area contributed by atoms with Crippen molar-refractivity contribution in [2.75, 3.05) is 19.4 Å². The van der Waals surface area contributed by atoms with Crippen LogP contribution in [0.2, 0.25) is 0 Å². The minimum Gasteiger partial charge on any atom is -0.497 e. The number of thioether (sulfide) groups is 1. The fourth-order valence-corrected chi connectivity index (χ4v) is 5.53. The molecule has 0 bridgehead atoms. The first kappa shape index (κ1) is 21.6. The van der Waals surface area contributed by atoms with E-state index in [1.165, 1.54) is 22.9 Å². The van der Waals surface area contributed by atoms with Crippen LogP contribution >= 0.6 is 11.8 Å². The molecule has 5 rings (SSSR count). The first-order valence-electron chi connectivity index (χ1n) is 11.1. The molecule has 0 radical (unpaired) electrons. The lowest BCUT2D eigenvalue weighted by Gasteiger charge is -2.28. The second-order valence-electron chi connectivity index (χ2n) is 8.21. The van der Waals surface area contributed by atoms with E-state index < -0.39 is 0 Å². The third-order valence-electron chi connectivity index (χ3n) is 6.39. The van der Waals surface area contributed by atoms with E-state index in [1.54, 1.807) is 11.7 Å². The zero-order valence-corrected chi connectivity index (χ0v) is 19.8. The molecule has 170 valence electrons. The van der Waals surface area contributed by atoms with Gasteiger partial charge >= 0.3 is 0 Å². The topological polar surface area (TPSA) is 69.4 Å². The number of amides is 1. The van der Waals surface area contributed by atoms with Gasteiger partial charge in [-0.15, -0.1) is 0 Å². The number of carbonyl (C=O) groups excluding carboxylic acids is 1. The molecule has 1 aliphatic heterocycles. The number of rotatable bonds is 5. The summed E-state index contributed by atoms with van der Waals surface area (Å²) in [7, 11) is 3.50. The minimum atomic E-state index is -0.0954. The molecule has 2 aromatic heterocycles. The SMILES string of the molecule is CCn1c(SCC(=O)N2CCc3ccccc3C2)nc2c3cc(OC)ccc3n(C)c2c1=O. The molecule has 4 aromatic rings. The summed E-state index contributed by atoms with van der Waals surface area (Å²) >= 11 is 1.33. The lowest BCUT2D eigenvalue weighted by molar-refractivity contribution is -0.129. The van der Waals surface area contributed by atoms with Crippen molar-refractivity contribution in [1.29, 1.82) is 0 Å². The van der Waals surface area contributed by atoms with Crippen LogP contribution in [0.15, 0.2) is 52.4 Å². The average Bonchev–Trinajstić information content (AvgIpc) is 3.13. The Kier molecular flexibility index (Phi) is 5.62. The summed E-state index contributed by atoms with van der Waals surface area (Å²) in [6.45, 7) is 3.76. The largest absolute Gasteiger partial charge is 0.497 e. The Balaban J connectivity index is 1.47. The molecule has 0 fully saturated rings. The number of hydrogen-bond donors (Lipinski definition) is 0. The van der Waals surface area contributed by atoms with Gasteiger partial charge in [0.05, 0.1) is 18.4 Å². The zero-order valence-electron chi connectivity index (χ0n) is 19.0. The number of aryl methyl sites for hydroxylation is 1. The Hall–Kier alpha value is -3.26. The van der Waals surface area contributed by atoms with E-state index in [-0.39, 0.29) is 17.2 Å². The Morgan fingerprint density at radius 1 is 1.18 bits per heavy atom. The van der Waals surface area contributed by atoms with Crippen LogP contribution in [0, 0.1) is 0 Å². The molecular weight excluding hydrogens is 436 g/mol. The summed E-state index contributed by atoms with van der Waals surface area (Å²) in [6, 6.07) is 14.0. The number of nitrogens with zero attached hydrogens (tertiary/aromatic N) is 4. The fraction of sp³-hybridized carbons (Fsp3) is 0.320. The van der Waals surface area contributed by atoms with Gasteiger partial charge in [-0.05, 0) is 42.7 Å². The molecule has 0 atom stereocenters. The first-order valence-corrected chi connectivity index (χ1v) is 12.0. The molecule has 0 aliphatic carbocycles. The smallest absolute Gasteiger partial charge is 0.278 e. The second-order valence-corrected chi connectivity index (χ2v) is 9.15. The highest BCUT2D eigenvalue weighted by molar-refractivity contribution is 7.99. The lowest BCUT2D eigenvalue weighted by Crippen LogP contribution is -2.37. The van der Waals surface area contributed by atoms with Gasteiger partial charge in [-0.1, -0.05) is 36.0 Å². The van der Waals surface area contributed by atoms with Gasteiger partial charge in [-0.2, -0.15) is 0 Å². The third kappa shape index (κ3) is 3.68. The highest BCUT2D eigenvalue weighted by atomic mass is 32.2. The van der Waals surface area contributed by atoms with Gasteiger partial charge in [0.15, 0.2) is 5.16 Å². The molecule has 7 nitrogen and oxygen atoms in total. The molecule has 0 spiro atoms. The van der Waals surface area contributed by atoms with Crippen LogP contribution in [-0.4, -0.2) is 44.3 Å². The maximum Gasteiger partial charge on any atom is 0.278 e. The maximum absolute atomic E-state index is 13.4. The van der Waals surface area contributed by atoms with E-state index in [1.807, 2.05) is 53.8 Å². The quantitative estimate of drug-likeness (QED) is 0.335. The van der Waals surface area contributed by atoms with Gasteiger partial charge < -0.3 is 14.2 Å². The van der Waals surface area contributed by atoms with Crippen molar-refractivity contribution in [3.8, 4) is 5.75 Å². The molecule has 0 unspecified atom stereocenters. The molecule has 8 heteroatoms. The van der Waals surface area contributed by atoms with Crippen LogP contribution in [0.1, 0.15) is 18.1 Å². The summed E-state index contributed by atoms with van der Waals surface area (Å²) in [6.07, 6.45) is 0.869. The Bertz CT molecular complexity index is 1440. The standard InChI is InChI=1S/C25H26N4O3S/c1-4-29-24(31)23-22(19-13-18(32-3)9-10-20(19)27(23)2)26-25(29)33-15-21(30)28-12-11-16-7-5-6-8-17(16)14-28/h5-10,13H,4,11-12,14-15H2,1-3H3. The summed E-state index contributed by atoms with van der Waals surface area (Å²) in [4.78, 5) is 33.1. The van der Waals surface area contributed by atoms with Gasteiger partial charge in [0.1, 0.15) is 16.8 Å². The molecule has 1 amide bonds. The number of carbonyl (C=O) groups is 1.